The fraction of sp³-hybridized carbons (Fsp3) is 0.333. The third kappa shape index (κ3) is 1.79. The number of aryl methyl sites for hydroxylation is 1. The zero-order chi connectivity index (χ0) is 10.1. The van der Waals surface area contributed by atoms with Crippen LogP contribution in [0.3, 0.4) is 0 Å². The van der Waals surface area contributed by atoms with E-state index in [1.807, 2.05) is 12.1 Å². The maximum Gasteiger partial charge on any atom is 0.0455 e. The second kappa shape index (κ2) is 3.68. The van der Waals surface area contributed by atoms with E-state index in [9.17, 15) is 8.76 Å². The van der Waals surface area contributed by atoms with Crippen LogP contribution in [0.4, 0.5) is 5.69 Å². The molecule has 1 aliphatic carbocycles. The predicted octanol–water partition coefficient (Wildman–Crippen LogP) is 0.839. The summed E-state index contributed by atoms with van der Waals surface area (Å²) in [4.78, 5) is 0. The van der Waals surface area contributed by atoms with Crippen molar-refractivity contribution >= 4 is 17.0 Å². The number of hydrogen-bond donors (Lipinski definition) is 2. The van der Waals surface area contributed by atoms with Gasteiger partial charge in [-0.05, 0) is 36.1 Å². The Morgan fingerprint density at radius 1 is 1.57 bits per heavy atom. The van der Waals surface area contributed by atoms with Crippen LogP contribution in [-0.4, -0.2) is 8.76 Å². The highest BCUT2D eigenvalue weighted by atomic mass is 32.2. The molecule has 0 aliphatic heterocycles. The standard InChI is InChI=1S/C9H12N2O2S/c10-9-4-1-6-5-7(11-14(12)13)2-3-8(6)9/h2-3,5,9,11H,1,4,10H2,(H,12,13)/p-1/t9-/m0/s1. The van der Waals surface area contributed by atoms with Crippen molar-refractivity contribution < 1.29 is 8.76 Å². The Morgan fingerprint density at radius 3 is 3.07 bits per heavy atom. The molecule has 0 amide bonds. The topological polar surface area (TPSA) is 78.2 Å². The molecule has 0 spiro atoms. The van der Waals surface area contributed by atoms with E-state index >= 15 is 0 Å². The SMILES string of the molecule is N[C@H]1CCc2cc(NS(=O)[O-])ccc21. The van der Waals surface area contributed by atoms with Crippen molar-refractivity contribution in [1.29, 1.82) is 0 Å². The van der Waals surface area contributed by atoms with Gasteiger partial charge < -0.3 is 15.0 Å². The summed E-state index contributed by atoms with van der Waals surface area (Å²) in [5, 5.41) is 0. The molecule has 0 bridgehead atoms. The lowest BCUT2D eigenvalue weighted by Crippen LogP contribution is -2.06. The van der Waals surface area contributed by atoms with Crippen molar-refractivity contribution in [2.75, 3.05) is 4.72 Å². The Hall–Kier alpha value is -0.910. The molecule has 1 unspecified atom stereocenters. The Bertz CT molecular complexity index is 381. The van der Waals surface area contributed by atoms with Crippen LogP contribution in [0, 0.1) is 0 Å². The fourth-order valence-corrected chi connectivity index (χ4v) is 2.13. The molecule has 5 heteroatoms. The van der Waals surface area contributed by atoms with Gasteiger partial charge in [-0.2, -0.15) is 0 Å². The molecule has 0 saturated carbocycles. The van der Waals surface area contributed by atoms with Crippen LogP contribution in [0.1, 0.15) is 23.6 Å². The second-order valence-electron chi connectivity index (χ2n) is 3.40. The fourth-order valence-electron chi connectivity index (χ4n) is 1.81. The zero-order valence-electron chi connectivity index (χ0n) is 7.53. The molecule has 76 valence electrons. The normalized spacial score (nSPS) is 21.7. The molecule has 1 aromatic carbocycles. The third-order valence-electron chi connectivity index (χ3n) is 2.47. The molecule has 2 rings (SSSR count). The van der Waals surface area contributed by atoms with Crippen molar-refractivity contribution in [1.82, 2.24) is 0 Å². The molecule has 0 fully saturated rings. The molecule has 4 nitrogen and oxygen atoms in total. The predicted molar refractivity (Wildman–Crippen MR) is 54.2 cm³/mol. The highest BCUT2D eigenvalue weighted by Crippen LogP contribution is 2.31. The van der Waals surface area contributed by atoms with Crippen LogP contribution in [0.5, 0.6) is 0 Å². The van der Waals surface area contributed by atoms with Gasteiger partial charge in [-0.25, -0.2) is 0 Å². The van der Waals surface area contributed by atoms with Crippen molar-refractivity contribution in [3.63, 3.8) is 0 Å². The van der Waals surface area contributed by atoms with Gasteiger partial charge in [0.25, 0.3) is 0 Å². The Balaban J connectivity index is 2.28. The van der Waals surface area contributed by atoms with Gasteiger partial charge >= 0.3 is 0 Å². The van der Waals surface area contributed by atoms with Crippen molar-refractivity contribution in [3.05, 3.63) is 29.3 Å². The lowest BCUT2D eigenvalue weighted by molar-refractivity contribution is 0.542. The van der Waals surface area contributed by atoms with Gasteiger partial charge in [0.05, 0.1) is 0 Å². The zero-order valence-corrected chi connectivity index (χ0v) is 8.34. The number of anilines is 1. The summed E-state index contributed by atoms with van der Waals surface area (Å²) in [6.07, 6.45) is 1.87. The van der Waals surface area contributed by atoms with Gasteiger partial charge in [0.1, 0.15) is 0 Å². The average Bonchev–Trinajstić information content (AvgIpc) is 2.46. The maximum atomic E-state index is 10.4. The minimum absolute atomic E-state index is 0.108. The molecule has 0 heterocycles. The lowest BCUT2D eigenvalue weighted by atomic mass is 10.1. The second-order valence-corrected chi connectivity index (χ2v) is 4.07. The van der Waals surface area contributed by atoms with Crippen molar-refractivity contribution in [3.8, 4) is 0 Å². The molecule has 1 aromatic rings. The van der Waals surface area contributed by atoms with E-state index in [0.717, 1.165) is 24.0 Å². The Labute approximate surface area is 84.9 Å². The molecular weight excluding hydrogens is 200 g/mol. The molecule has 0 saturated heterocycles. The third-order valence-corrected chi connectivity index (χ3v) is 2.87. The van der Waals surface area contributed by atoms with E-state index in [2.05, 4.69) is 4.72 Å². The maximum absolute atomic E-state index is 10.4. The lowest BCUT2D eigenvalue weighted by Gasteiger charge is -2.10. The largest absolute Gasteiger partial charge is 0.755 e. The quantitative estimate of drug-likeness (QED) is 0.711. The Kier molecular flexibility index (Phi) is 2.54. The van der Waals surface area contributed by atoms with Gasteiger partial charge in [-0.15, -0.1) is 0 Å². The summed E-state index contributed by atoms with van der Waals surface area (Å²) in [5.41, 5.74) is 8.74. The minimum atomic E-state index is -2.25. The molecule has 14 heavy (non-hydrogen) atoms. The monoisotopic (exact) mass is 211 g/mol. The van der Waals surface area contributed by atoms with E-state index in [4.69, 9.17) is 5.73 Å². The number of nitrogens with one attached hydrogen (secondary N) is 1. The van der Waals surface area contributed by atoms with E-state index in [1.165, 1.54) is 0 Å². The summed E-state index contributed by atoms with van der Waals surface area (Å²) in [6, 6.07) is 5.58. The van der Waals surface area contributed by atoms with Crippen LogP contribution >= 0.6 is 0 Å². The number of rotatable bonds is 2. The van der Waals surface area contributed by atoms with E-state index in [0.29, 0.717) is 5.69 Å². The molecule has 0 aromatic heterocycles. The Morgan fingerprint density at radius 2 is 2.36 bits per heavy atom. The average molecular weight is 211 g/mol. The van der Waals surface area contributed by atoms with E-state index in [1.54, 1.807) is 6.07 Å². The number of hydrogen-bond acceptors (Lipinski definition) is 3. The first-order valence-electron chi connectivity index (χ1n) is 4.41. The summed E-state index contributed by atoms with van der Waals surface area (Å²) in [5.74, 6) is 0. The molecular formula is C9H11N2O2S-. The van der Waals surface area contributed by atoms with Gasteiger partial charge in [0.15, 0.2) is 0 Å². The van der Waals surface area contributed by atoms with Crippen LogP contribution < -0.4 is 10.5 Å². The van der Waals surface area contributed by atoms with E-state index < -0.39 is 11.3 Å². The number of fused-ring (bicyclic) bond motifs is 1. The van der Waals surface area contributed by atoms with Crippen molar-refractivity contribution in [2.45, 2.75) is 18.9 Å². The first kappa shape index (κ1) is 9.64. The van der Waals surface area contributed by atoms with Crippen LogP contribution in [0.2, 0.25) is 0 Å². The smallest absolute Gasteiger partial charge is 0.0455 e. The highest BCUT2D eigenvalue weighted by molar-refractivity contribution is 7.80. The van der Waals surface area contributed by atoms with Gasteiger partial charge in [0, 0.05) is 23.0 Å². The van der Waals surface area contributed by atoms with Gasteiger partial charge in [-0.1, -0.05) is 6.07 Å². The highest BCUT2D eigenvalue weighted by Gasteiger charge is 2.18. The van der Waals surface area contributed by atoms with E-state index in [-0.39, 0.29) is 6.04 Å². The van der Waals surface area contributed by atoms with Gasteiger partial charge in [-0.3, -0.25) is 4.21 Å². The summed E-state index contributed by atoms with van der Waals surface area (Å²) in [6.45, 7) is 0. The molecule has 2 atom stereocenters. The first-order chi connectivity index (χ1) is 6.66. The van der Waals surface area contributed by atoms with Gasteiger partial charge in [0.2, 0.25) is 0 Å². The number of benzene rings is 1. The summed E-state index contributed by atoms with van der Waals surface area (Å²) < 4.78 is 23.1. The summed E-state index contributed by atoms with van der Waals surface area (Å²) >= 11 is -2.25. The molecule has 0 radical (unpaired) electrons. The molecule has 1 aliphatic rings. The minimum Gasteiger partial charge on any atom is -0.755 e. The van der Waals surface area contributed by atoms with Crippen molar-refractivity contribution in [2.24, 2.45) is 5.73 Å². The number of nitrogens with two attached hydrogens (primary N) is 1. The summed E-state index contributed by atoms with van der Waals surface area (Å²) in [7, 11) is 0. The van der Waals surface area contributed by atoms with Crippen LogP contribution in [0.15, 0.2) is 18.2 Å². The van der Waals surface area contributed by atoms with Crippen LogP contribution in [-0.2, 0) is 17.7 Å². The van der Waals surface area contributed by atoms with Crippen LogP contribution in [0.25, 0.3) is 0 Å². The molecule has 3 N–H and O–H groups in total. The first-order valence-corrected chi connectivity index (χ1v) is 5.48.